The second-order valence-electron chi connectivity index (χ2n) is 6.95. The maximum atomic E-state index is 13.0. The Morgan fingerprint density at radius 2 is 1.97 bits per heavy atom. The van der Waals surface area contributed by atoms with Crippen LogP contribution in [0.4, 0.5) is 10.8 Å². The summed E-state index contributed by atoms with van der Waals surface area (Å²) in [5.74, 6) is -0.0762. The Morgan fingerprint density at radius 3 is 2.69 bits per heavy atom. The molecule has 3 aromatic rings. The van der Waals surface area contributed by atoms with Gasteiger partial charge in [-0.2, -0.15) is 0 Å². The summed E-state index contributed by atoms with van der Waals surface area (Å²) >= 11 is 1.18. The Balaban J connectivity index is 1.64. The minimum absolute atomic E-state index is 0.0762. The maximum absolute atomic E-state index is 13.0. The minimum atomic E-state index is -3.77. The van der Waals surface area contributed by atoms with E-state index in [1.165, 1.54) is 17.4 Å². The van der Waals surface area contributed by atoms with Crippen molar-refractivity contribution in [1.82, 2.24) is 10.2 Å². The lowest BCUT2D eigenvalue weighted by Gasteiger charge is -2.30. The first-order valence-corrected chi connectivity index (χ1v) is 11.5. The number of sulfonamides is 1. The van der Waals surface area contributed by atoms with Crippen LogP contribution >= 0.6 is 11.3 Å². The van der Waals surface area contributed by atoms with Crippen molar-refractivity contribution in [2.45, 2.75) is 31.6 Å². The van der Waals surface area contributed by atoms with Crippen LogP contribution in [0.1, 0.15) is 32.9 Å². The molecule has 7 nitrogen and oxygen atoms in total. The van der Waals surface area contributed by atoms with Crippen LogP contribution in [-0.4, -0.2) is 31.1 Å². The molecule has 0 radical (unpaired) electrons. The van der Waals surface area contributed by atoms with Crippen LogP contribution < -0.4 is 9.62 Å². The van der Waals surface area contributed by atoms with Gasteiger partial charge in [-0.05, 0) is 62.6 Å². The van der Waals surface area contributed by atoms with Gasteiger partial charge < -0.3 is 4.90 Å². The third kappa shape index (κ3) is 4.01. The van der Waals surface area contributed by atoms with Crippen LogP contribution in [0.5, 0.6) is 0 Å². The molecular weight excluding hydrogens is 408 g/mol. The van der Waals surface area contributed by atoms with Crippen LogP contribution in [0.2, 0.25) is 0 Å². The molecule has 29 heavy (non-hydrogen) atoms. The lowest BCUT2D eigenvalue weighted by atomic mass is 10.0. The number of carbonyl (C=O) groups is 1. The monoisotopic (exact) mass is 428 g/mol. The van der Waals surface area contributed by atoms with E-state index in [2.05, 4.69) is 14.9 Å². The summed E-state index contributed by atoms with van der Waals surface area (Å²) < 4.78 is 27.9. The number of rotatable bonds is 4. The highest BCUT2D eigenvalue weighted by Crippen LogP contribution is 2.31. The molecule has 1 aliphatic heterocycles. The quantitative estimate of drug-likeness (QED) is 0.686. The highest BCUT2D eigenvalue weighted by atomic mass is 32.2. The standard InChI is InChI=1S/C20H20N4O3S2/c1-13-5-3-6-16(11-13)19(25)24-10-4-7-15-12-17(8-9-18(15)24)29(26,27)23-20-22-21-14(2)28-20/h3,5-6,8-9,11-12H,4,7,10H2,1-2H3,(H,22,23). The molecule has 9 heteroatoms. The predicted octanol–water partition coefficient (Wildman–Crippen LogP) is 3.55. The van der Waals surface area contributed by atoms with E-state index in [1.54, 1.807) is 30.0 Å². The molecule has 0 saturated carbocycles. The van der Waals surface area contributed by atoms with Gasteiger partial charge in [0, 0.05) is 17.8 Å². The van der Waals surface area contributed by atoms with Crippen LogP contribution in [0.15, 0.2) is 47.4 Å². The van der Waals surface area contributed by atoms with Gasteiger partial charge in [-0.1, -0.05) is 29.0 Å². The third-order valence-corrected chi connectivity index (χ3v) is 6.96. The first-order chi connectivity index (χ1) is 13.8. The number of nitrogens with one attached hydrogen (secondary N) is 1. The Morgan fingerprint density at radius 1 is 1.14 bits per heavy atom. The second kappa shape index (κ2) is 7.57. The maximum Gasteiger partial charge on any atom is 0.263 e. The van der Waals surface area contributed by atoms with Crippen molar-refractivity contribution < 1.29 is 13.2 Å². The summed E-state index contributed by atoms with van der Waals surface area (Å²) in [4.78, 5) is 14.9. The number of aromatic nitrogens is 2. The van der Waals surface area contributed by atoms with Gasteiger partial charge in [0.05, 0.1) is 4.90 Å². The number of amides is 1. The van der Waals surface area contributed by atoms with E-state index in [0.717, 1.165) is 23.2 Å². The van der Waals surface area contributed by atoms with E-state index in [0.29, 0.717) is 23.5 Å². The first-order valence-electron chi connectivity index (χ1n) is 9.18. The van der Waals surface area contributed by atoms with Crippen molar-refractivity contribution in [1.29, 1.82) is 0 Å². The molecule has 0 atom stereocenters. The number of nitrogens with zero attached hydrogens (tertiary/aromatic N) is 3. The van der Waals surface area contributed by atoms with Gasteiger partial charge in [-0.15, -0.1) is 10.2 Å². The lowest BCUT2D eigenvalue weighted by molar-refractivity contribution is 0.0985. The Kier molecular flexibility index (Phi) is 5.10. The zero-order valence-electron chi connectivity index (χ0n) is 16.0. The number of aryl methyl sites for hydroxylation is 3. The van der Waals surface area contributed by atoms with E-state index in [1.807, 2.05) is 25.1 Å². The molecule has 2 aromatic carbocycles. The highest BCUT2D eigenvalue weighted by molar-refractivity contribution is 7.93. The molecule has 0 spiro atoms. The number of fused-ring (bicyclic) bond motifs is 1. The Labute approximate surface area is 173 Å². The molecule has 1 aromatic heterocycles. The van der Waals surface area contributed by atoms with Gasteiger partial charge in [0.2, 0.25) is 5.13 Å². The largest absolute Gasteiger partial charge is 0.308 e. The van der Waals surface area contributed by atoms with Gasteiger partial charge in [0.1, 0.15) is 5.01 Å². The zero-order chi connectivity index (χ0) is 20.6. The molecule has 1 amide bonds. The molecular formula is C20H20N4O3S2. The smallest absolute Gasteiger partial charge is 0.263 e. The van der Waals surface area contributed by atoms with E-state index in [4.69, 9.17) is 0 Å². The normalized spacial score (nSPS) is 13.8. The zero-order valence-corrected chi connectivity index (χ0v) is 17.7. The van der Waals surface area contributed by atoms with E-state index >= 15 is 0 Å². The van der Waals surface area contributed by atoms with Crippen molar-refractivity contribution >= 4 is 38.1 Å². The average Bonchev–Trinajstić information content (AvgIpc) is 3.10. The number of benzene rings is 2. The van der Waals surface area contributed by atoms with Crippen molar-refractivity contribution in [2.75, 3.05) is 16.2 Å². The number of anilines is 2. The van der Waals surface area contributed by atoms with Crippen LogP contribution in [0.25, 0.3) is 0 Å². The summed E-state index contributed by atoms with van der Waals surface area (Å²) in [7, 11) is -3.77. The number of carbonyl (C=O) groups excluding carboxylic acids is 1. The van der Waals surface area contributed by atoms with Crippen LogP contribution in [0.3, 0.4) is 0 Å². The summed E-state index contributed by atoms with van der Waals surface area (Å²) in [6.45, 7) is 4.31. The SMILES string of the molecule is Cc1cccc(C(=O)N2CCCc3cc(S(=O)(=O)Nc4nnc(C)s4)ccc32)c1. The van der Waals surface area contributed by atoms with Crippen LogP contribution in [0, 0.1) is 13.8 Å². The average molecular weight is 429 g/mol. The molecule has 0 unspecified atom stereocenters. The molecule has 4 rings (SSSR count). The fraction of sp³-hybridized carbons (Fsp3) is 0.250. The molecule has 1 aliphatic rings. The number of hydrogen-bond donors (Lipinski definition) is 1. The van der Waals surface area contributed by atoms with Crippen molar-refractivity contribution in [3.05, 3.63) is 64.2 Å². The molecule has 1 N–H and O–H groups in total. The van der Waals surface area contributed by atoms with Crippen LogP contribution in [-0.2, 0) is 16.4 Å². The van der Waals surface area contributed by atoms with Gasteiger partial charge in [-0.3, -0.25) is 9.52 Å². The molecule has 0 aliphatic carbocycles. The molecule has 0 bridgehead atoms. The molecule has 0 fully saturated rings. The third-order valence-electron chi connectivity index (χ3n) is 4.74. The number of hydrogen-bond acceptors (Lipinski definition) is 6. The Hall–Kier alpha value is -2.78. The van der Waals surface area contributed by atoms with E-state index in [9.17, 15) is 13.2 Å². The van der Waals surface area contributed by atoms with E-state index in [-0.39, 0.29) is 15.9 Å². The molecule has 150 valence electrons. The fourth-order valence-electron chi connectivity index (χ4n) is 3.40. The molecule has 0 saturated heterocycles. The van der Waals surface area contributed by atoms with Crippen molar-refractivity contribution in [3.63, 3.8) is 0 Å². The van der Waals surface area contributed by atoms with Crippen molar-refractivity contribution in [3.8, 4) is 0 Å². The van der Waals surface area contributed by atoms with Crippen molar-refractivity contribution in [2.24, 2.45) is 0 Å². The van der Waals surface area contributed by atoms with Gasteiger partial charge in [0.15, 0.2) is 0 Å². The summed E-state index contributed by atoms with van der Waals surface area (Å²) in [6.07, 6.45) is 1.49. The summed E-state index contributed by atoms with van der Waals surface area (Å²) in [5.41, 5.74) is 3.25. The molecule has 2 heterocycles. The summed E-state index contributed by atoms with van der Waals surface area (Å²) in [5, 5.41) is 8.55. The topological polar surface area (TPSA) is 92.3 Å². The minimum Gasteiger partial charge on any atom is -0.308 e. The Bertz CT molecular complexity index is 1190. The highest BCUT2D eigenvalue weighted by Gasteiger charge is 2.26. The fourth-order valence-corrected chi connectivity index (χ4v) is 5.27. The van der Waals surface area contributed by atoms with Gasteiger partial charge in [0.25, 0.3) is 15.9 Å². The lowest BCUT2D eigenvalue weighted by Crippen LogP contribution is -2.35. The summed E-state index contributed by atoms with van der Waals surface area (Å²) in [6, 6.07) is 12.4. The van der Waals surface area contributed by atoms with Gasteiger partial charge >= 0.3 is 0 Å². The van der Waals surface area contributed by atoms with E-state index < -0.39 is 10.0 Å². The first kappa shape index (κ1) is 19.5. The second-order valence-corrected chi connectivity index (χ2v) is 9.82. The predicted molar refractivity (Wildman–Crippen MR) is 113 cm³/mol. The van der Waals surface area contributed by atoms with Gasteiger partial charge in [-0.25, -0.2) is 8.42 Å².